The fourth-order valence-corrected chi connectivity index (χ4v) is 3.71. The Morgan fingerprint density at radius 1 is 1.44 bits per heavy atom. The Bertz CT molecular complexity index is 360. The second-order valence-electron chi connectivity index (χ2n) is 4.92. The summed E-state index contributed by atoms with van der Waals surface area (Å²) >= 11 is 1.90. The lowest BCUT2D eigenvalue weighted by Crippen LogP contribution is -2.41. The third kappa shape index (κ3) is 3.12. The van der Waals surface area contributed by atoms with Gasteiger partial charge in [-0.25, -0.2) is 0 Å². The first-order valence-electron chi connectivity index (χ1n) is 6.84. The van der Waals surface area contributed by atoms with Gasteiger partial charge in [0, 0.05) is 35.6 Å². The van der Waals surface area contributed by atoms with Gasteiger partial charge >= 0.3 is 0 Å². The summed E-state index contributed by atoms with van der Waals surface area (Å²) in [5.74, 6) is 0. The van der Waals surface area contributed by atoms with Gasteiger partial charge in [0.15, 0.2) is 0 Å². The molecule has 1 aromatic rings. The average molecular weight is 268 g/mol. The highest BCUT2D eigenvalue weighted by Crippen LogP contribution is 2.30. The number of nitrogens with two attached hydrogens (primary N) is 1. The summed E-state index contributed by atoms with van der Waals surface area (Å²) in [5, 5.41) is 0. The number of hydrogen-bond donors (Lipinski definition) is 1. The number of nitrogens with zero attached hydrogens (tertiary/aromatic N) is 1. The number of likely N-dealkylation sites (N-methyl/N-ethyl adjacent to an activating group) is 1. The van der Waals surface area contributed by atoms with E-state index in [2.05, 4.69) is 31.0 Å². The van der Waals surface area contributed by atoms with Crippen LogP contribution in [0.1, 0.15) is 35.6 Å². The summed E-state index contributed by atoms with van der Waals surface area (Å²) in [6.45, 7) is 4.67. The molecule has 102 valence electrons. The van der Waals surface area contributed by atoms with E-state index in [-0.39, 0.29) is 0 Å². The number of hydrogen-bond acceptors (Lipinski definition) is 4. The monoisotopic (exact) mass is 268 g/mol. The average Bonchev–Trinajstić information content (AvgIpc) is 2.89. The van der Waals surface area contributed by atoms with Crippen LogP contribution in [0.25, 0.3) is 0 Å². The molecule has 1 aromatic heterocycles. The van der Waals surface area contributed by atoms with Crippen molar-refractivity contribution in [3.63, 3.8) is 0 Å². The quantitative estimate of drug-likeness (QED) is 0.891. The molecule has 0 radical (unpaired) electrons. The van der Waals surface area contributed by atoms with E-state index in [4.69, 9.17) is 10.5 Å². The molecule has 0 amide bonds. The van der Waals surface area contributed by atoms with Crippen molar-refractivity contribution in [2.45, 2.75) is 38.3 Å². The van der Waals surface area contributed by atoms with Crippen LogP contribution in [0.2, 0.25) is 0 Å². The van der Waals surface area contributed by atoms with Crippen molar-refractivity contribution in [2.75, 3.05) is 26.8 Å². The van der Waals surface area contributed by atoms with Crippen molar-refractivity contribution in [1.82, 2.24) is 4.90 Å². The van der Waals surface area contributed by atoms with Gasteiger partial charge < -0.3 is 10.5 Å². The maximum atomic E-state index is 6.00. The SMILES string of the molecule is CCc1ccc(C(CN)N(C)C2CCOCC2)s1. The zero-order valence-electron chi connectivity index (χ0n) is 11.4. The molecule has 1 unspecified atom stereocenters. The van der Waals surface area contributed by atoms with Crippen LogP contribution in [-0.4, -0.2) is 37.7 Å². The van der Waals surface area contributed by atoms with Crippen LogP contribution in [0.15, 0.2) is 12.1 Å². The van der Waals surface area contributed by atoms with Gasteiger partial charge in [-0.2, -0.15) is 0 Å². The lowest BCUT2D eigenvalue weighted by Gasteiger charge is -2.36. The number of thiophene rings is 1. The molecule has 0 spiro atoms. The fraction of sp³-hybridized carbons (Fsp3) is 0.714. The highest BCUT2D eigenvalue weighted by atomic mass is 32.1. The van der Waals surface area contributed by atoms with Crippen LogP contribution >= 0.6 is 11.3 Å². The van der Waals surface area contributed by atoms with E-state index < -0.39 is 0 Å². The maximum absolute atomic E-state index is 6.00. The molecule has 2 rings (SSSR count). The lowest BCUT2D eigenvalue weighted by atomic mass is 10.0. The Labute approximate surface area is 114 Å². The minimum atomic E-state index is 0.360. The minimum Gasteiger partial charge on any atom is -0.381 e. The molecule has 0 aromatic carbocycles. The molecule has 2 heterocycles. The molecule has 1 saturated heterocycles. The van der Waals surface area contributed by atoms with Gasteiger partial charge in [0.1, 0.15) is 0 Å². The largest absolute Gasteiger partial charge is 0.381 e. The van der Waals surface area contributed by atoms with E-state index in [1.807, 2.05) is 11.3 Å². The van der Waals surface area contributed by atoms with Crippen molar-refractivity contribution >= 4 is 11.3 Å². The summed E-state index contributed by atoms with van der Waals surface area (Å²) < 4.78 is 5.44. The van der Waals surface area contributed by atoms with Crippen LogP contribution in [0.3, 0.4) is 0 Å². The molecule has 0 saturated carbocycles. The number of ether oxygens (including phenoxy) is 1. The lowest BCUT2D eigenvalue weighted by molar-refractivity contribution is 0.0299. The molecule has 0 aliphatic carbocycles. The van der Waals surface area contributed by atoms with Crippen LogP contribution < -0.4 is 5.73 Å². The highest BCUT2D eigenvalue weighted by molar-refractivity contribution is 7.12. The predicted molar refractivity (Wildman–Crippen MR) is 77.1 cm³/mol. The Morgan fingerprint density at radius 2 is 2.17 bits per heavy atom. The van der Waals surface area contributed by atoms with E-state index >= 15 is 0 Å². The first-order chi connectivity index (χ1) is 8.76. The summed E-state index contributed by atoms with van der Waals surface area (Å²) in [4.78, 5) is 5.31. The van der Waals surface area contributed by atoms with Crippen molar-refractivity contribution in [3.8, 4) is 0 Å². The summed E-state index contributed by atoms with van der Waals surface area (Å²) in [7, 11) is 2.21. The normalized spacial score (nSPS) is 19.3. The molecule has 1 fully saturated rings. The Hall–Kier alpha value is -0.420. The van der Waals surface area contributed by atoms with Crippen LogP contribution in [0, 0.1) is 0 Å². The molecular formula is C14H24N2OS. The third-order valence-electron chi connectivity index (χ3n) is 3.84. The second-order valence-corrected chi connectivity index (χ2v) is 6.12. The zero-order chi connectivity index (χ0) is 13.0. The van der Waals surface area contributed by atoms with Gasteiger partial charge in [0.25, 0.3) is 0 Å². The smallest absolute Gasteiger partial charge is 0.0564 e. The predicted octanol–water partition coefficient (Wildman–Crippen LogP) is 2.42. The van der Waals surface area contributed by atoms with Crippen LogP contribution in [-0.2, 0) is 11.2 Å². The minimum absolute atomic E-state index is 0.360. The molecule has 1 atom stereocenters. The molecule has 1 aliphatic rings. The van der Waals surface area contributed by atoms with Crippen LogP contribution in [0.4, 0.5) is 0 Å². The summed E-state index contributed by atoms with van der Waals surface area (Å²) in [6.07, 6.45) is 3.36. The van der Waals surface area contributed by atoms with E-state index in [1.54, 1.807) is 0 Å². The molecule has 18 heavy (non-hydrogen) atoms. The van der Waals surface area contributed by atoms with E-state index in [0.29, 0.717) is 18.6 Å². The number of rotatable bonds is 5. The highest BCUT2D eigenvalue weighted by Gasteiger charge is 2.25. The fourth-order valence-electron chi connectivity index (χ4n) is 2.59. The third-order valence-corrected chi connectivity index (χ3v) is 5.17. The standard InChI is InChI=1S/C14H24N2OS/c1-3-12-4-5-14(18-12)13(10-15)16(2)11-6-8-17-9-7-11/h4-5,11,13H,3,6-10,15H2,1-2H3. The van der Waals surface area contributed by atoms with E-state index in [1.165, 1.54) is 9.75 Å². The van der Waals surface area contributed by atoms with E-state index in [0.717, 1.165) is 32.5 Å². The van der Waals surface area contributed by atoms with Crippen molar-refractivity contribution < 1.29 is 4.74 Å². The van der Waals surface area contributed by atoms with Crippen LogP contribution in [0.5, 0.6) is 0 Å². The van der Waals surface area contributed by atoms with E-state index in [9.17, 15) is 0 Å². The molecule has 0 bridgehead atoms. The van der Waals surface area contributed by atoms with Gasteiger partial charge in [-0.05, 0) is 38.4 Å². The molecule has 2 N–H and O–H groups in total. The first kappa shape index (κ1) is 14.0. The molecule has 3 nitrogen and oxygen atoms in total. The summed E-state index contributed by atoms with van der Waals surface area (Å²) in [6, 6.07) is 5.45. The Balaban J connectivity index is 2.06. The second kappa shape index (κ2) is 6.66. The van der Waals surface area contributed by atoms with Gasteiger partial charge in [0.2, 0.25) is 0 Å². The molecule has 1 aliphatic heterocycles. The first-order valence-corrected chi connectivity index (χ1v) is 7.66. The zero-order valence-corrected chi connectivity index (χ0v) is 12.2. The van der Waals surface area contributed by atoms with Crippen molar-refractivity contribution in [3.05, 3.63) is 21.9 Å². The Morgan fingerprint density at radius 3 is 2.72 bits per heavy atom. The van der Waals surface area contributed by atoms with Gasteiger partial charge in [-0.1, -0.05) is 6.92 Å². The van der Waals surface area contributed by atoms with Gasteiger partial charge in [-0.3, -0.25) is 4.90 Å². The van der Waals surface area contributed by atoms with Crippen molar-refractivity contribution in [2.24, 2.45) is 5.73 Å². The van der Waals surface area contributed by atoms with Gasteiger partial charge in [0.05, 0.1) is 6.04 Å². The van der Waals surface area contributed by atoms with Crippen molar-refractivity contribution in [1.29, 1.82) is 0 Å². The number of aryl methyl sites for hydroxylation is 1. The Kier molecular flexibility index (Phi) is 5.18. The molecular weight excluding hydrogens is 244 g/mol. The topological polar surface area (TPSA) is 38.5 Å². The van der Waals surface area contributed by atoms with Gasteiger partial charge in [-0.15, -0.1) is 11.3 Å². The molecule has 4 heteroatoms. The maximum Gasteiger partial charge on any atom is 0.0564 e. The summed E-state index contributed by atoms with van der Waals surface area (Å²) in [5.41, 5.74) is 6.00.